The standard InChI is InChI=1S/C24H26ClF3N4O3S/c25-18-7-5-16(6-8-18)21(34)30-13-14-31-22(35)23(9-11-29-12-10-23)32-20(33)15-17-3-1-2-4-19(17)36-24(26,27)28/h1-8,29H,9-15H2,(H,30,34)(H,31,35)(H,32,33). The first kappa shape index (κ1) is 27.8. The van der Waals surface area contributed by atoms with Crippen molar-refractivity contribution in [3.8, 4) is 0 Å². The van der Waals surface area contributed by atoms with Crippen LogP contribution in [0.2, 0.25) is 5.02 Å². The first-order valence-electron chi connectivity index (χ1n) is 11.3. The van der Waals surface area contributed by atoms with Gasteiger partial charge in [-0.1, -0.05) is 29.8 Å². The number of carbonyl (C=O) groups excluding carboxylic acids is 3. The summed E-state index contributed by atoms with van der Waals surface area (Å²) in [6.07, 6.45) is 0.347. The van der Waals surface area contributed by atoms with Crippen LogP contribution in [0.4, 0.5) is 13.2 Å². The molecule has 0 radical (unpaired) electrons. The zero-order valence-electron chi connectivity index (χ0n) is 19.2. The Morgan fingerprint density at radius 3 is 2.28 bits per heavy atom. The van der Waals surface area contributed by atoms with Crippen LogP contribution in [-0.2, 0) is 16.0 Å². The van der Waals surface area contributed by atoms with E-state index < -0.39 is 22.9 Å². The van der Waals surface area contributed by atoms with Crippen LogP contribution < -0.4 is 21.3 Å². The molecule has 0 aromatic heterocycles. The Kier molecular flexibility index (Phi) is 9.63. The van der Waals surface area contributed by atoms with E-state index >= 15 is 0 Å². The molecule has 0 aliphatic carbocycles. The lowest BCUT2D eigenvalue weighted by atomic mass is 9.86. The molecule has 1 aliphatic heterocycles. The van der Waals surface area contributed by atoms with E-state index in [9.17, 15) is 27.6 Å². The fourth-order valence-corrected chi connectivity index (χ4v) is 4.64. The van der Waals surface area contributed by atoms with Crippen LogP contribution in [0, 0.1) is 0 Å². The van der Waals surface area contributed by atoms with Crippen molar-refractivity contribution < 1.29 is 27.6 Å². The van der Waals surface area contributed by atoms with Gasteiger partial charge in [-0.2, -0.15) is 13.2 Å². The predicted molar refractivity (Wildman–Crippen MR) is 132 cm³/mol. The topological polar surface area (TPSA) is 99.3 Å². The Labute approximate surface area is 215 Å². The smallest absolute Gasteiger partial charge is 0.352 e. The van der Waals surface area contributed by atoms with Crippen LogP contribution in [0.1, 0.15) is 28.8 Å². The maximum atomic E-state index is 13.1. The Bertz CT molecular complexity index is 1080. The highest BCUT2D eigenvalue weighted by Crippen LogP contribution is 2.38. The lowest BCUT2D eigenvalue weighted by Crippen LogP contribution is -2.63. The molecule has 3 amide bonds. The molecular weight excluding hydrogens is 517 g/mol. The van der Waals surface area contributed by atoms with Gasteiger partial charge in [0.05, 0.1) is 6.42 Å². The van der Waals surface area contributed by atoms with Gasteiger partial charge in [0.2, 0.25) is 11.8 Å². The van der Waals surface area contributed by atoms with Crippen molar-refractivity contribution in [3.05, 3.63) is 64.7 Å². The van der Waals surface area contributed by atoms with E-state index in [0.717, 1.165) is 0 Å². The Balaban J connectivity index is 1.57. The molecule has 7 nitrogen and oxygen atoms in total. The number of hydrogen-bond acceptors (Lipinski definition) is 5. The quantitative estimate of drug-likeness (QED) is 0.288. The van der Waals surface area contributed by atoms with Crippen molar-refractivity contribution in [1.29, 1.82) is 0 Å². The number of nitrogens with one attached hydrogen (secondary N) is 4. The highest BCUT2D eigenvalue weighted by Gasteiger charge is 2.41. The van der Waals surface area contributed by atoms with Gasteiger partial charge in [-0.05, 0) is 73.6 Å². The Morgan fingerprint density at radius 1 is 0.972 bits per heavy atom. The van der Waals surface area contributed by atoms with Gasteiger partial charge < -0.3 is 21.3 Å². The van der Waals surface area contributed by atoms with Crippen LogP contribution >= 0.6 is 23.4 Å². The van der Waals surface area contributed by atoms with Gasteiger partial charge in [0.15, 0.2) is 0 Å². The summed E-state index contributed by atoms with van der Waals surface area (Å²) in [4.78, 5) is 38.1. The summed E-state index contributed by atoms with van der Waals surface area (Å²) in [6, 6.07) is 12.2. The van der Waals surface area contributed by atoms with E-state index in [4.69, 9.17) is 11.6 Å². The summed E-state index contributed by atoms with van der Waals surface area (Å²) >= 11 is 5.54. The molecule has 0 atom stereocenters. The number of halogens is 4. The van der Waals surface area contributed by atoms with E-state index in [1.165, 1.54) is 18.2 Å². The van der Waals surface area contributed by atoms with Crippen LogP contribution in [0.3, 0.4) is 0 Å². The number of rotatable bonds is 9. The van der Waals surface area contributed by atoms with Crippen molar-refractivity contribution in [1.82, 2.24) is 21.3 Å². The van der Waals surface area contributed by atoms with Crippen molar-refractivity contribution in [2.45, 2.75) is 35.2 Å². The third-order valence-electron chi connectivity index (χ3n) is 5.62. The second-order valence-electron chi connectivity index (χ2n) is 8.23. The number of alkyl halides is 3. The summed E-state index contributed by atoms with van der Waals surface area (Å²) < 4.78 is 38.6. The molecule has 1 saturated heterocycles. The minimum atomic E-state index is -4.48. The molecule has 4 N–H and O–H groups in total. The summed E-state index contributed by atoms with van der Waals surface area (Å²) in [5.41, 5.74) is -5.02. The van der Waals surface area contributed by atoms with Crippen LogP contribution in [0.15, 0.2) is 53.4 Å². The molecule has 2 aromatic carbocycles. The first-order valence-corrected chi connectivity index (χ1v) is 12.4. The average Bonchev–Trinajstić information content (AvgIpc) is 2.83. The second-order valence-corrected chi connectivity index (χ2v) is 9.77. The Hall–Kier alpha value is -2.76. The third kappa shape index (κ3) is 8.14. The van der Waals surface area contributed by atoms with Gasteiger partial charge in [0, 0.05) is 28.6 Å². The van der Waals surface area contributed by atoms with Gasteiger partial charge >= 0.3 is 5.51 Å². The van der Waals surface area contributed by atoms with Crippen LogP contribution in [0.25, 0.3) is 0 Å². The number of benzene rings is 2. The molecular formula is C24H26ClF3N4O3S. The number of hydrogen-bond donors (Lipinski definition) is 4. The number of thioether (sulfide) groups is 1. The van der Waals surface area contributed by atoms with E-state index in [2.05, 4.69) is 21.3 Å². The zero-order chi connectivity index (χ0) is 26.2. The van der Waals surface area contributed by atoms with E-state index in [-0.39, 0.29) is 47.6 Å². The lowest BCUT2D eigenvalue weighted by molar-refractivity contribution is -0.134. The fraction of sp³-hybridized carbons (Fsp3) is 0.375. The van der Waals surface area contributed by atoms with Crippen molar-refractivity contribution in [2.75, 3.05) is 26.2 Å². The molecule has 3 rings (SSSR count). The number of piperidine rings is 1. The zero-order valence-corrected chi connectivity index (χ0v) is 20.8. The molecule has 0 unspecified atom stereocenters. The summed E-state index contributed by atoms with van der Waals surface area (Å²) in [7, 11) is 0. The lowest BCUT2D eigenvalue weighted by Gasteiger charge is -2.37. The molecule has 0 bridgehead atoms. The summed E-state index contributed by atoms with van der Waals surface area (Å²) in [5.74, 6) is -1.27. The predicted octanol–water partition coefficient (Wildman–Crippen LogP) is 3.28. The van der Waals surface area contributed by atoms with Crippen molar-refractivity contribution in [2.24, 2.45) is 0 Å². The molecule has 1 fully saturated rings. The molecule has 12 heteroatoms. The van der Waals surface area contributed by atoms with Crippen LogP contribution in [0.5, 0.6) is 0 Å². The fourth-order valence-electron chi connectivity index (χ4n) is 3.85. The SMILES string of the molecule is O=C(Cc1ccccc1SC(F)(F)F)NC1(C(=O)NCCNC(=O)c2ccc(Cl)cc2)CCNCC1. The number of carbonyl (C=O) groups is 3. The molecule has 1 aliphatic rings. The maximum Gasteiger partial charge on any atom is 0.446 e. The second kappa shape index (κ2) is 12.5. The minimum absolute atomic E-state index is 0.0552. The highest BCUT2D eigenvalue weighted by atomic mass is 35.5. The molecule has 1 heterocycles. The van der Waals surface area contributed by atoms with Gasteiger partial charge in [0.1, 0.15) is 5.54 Å². The molecule has 194 valence electrons. The molecule has 36 heavy (non-hydrogen) atoms. The maximum absolute atomic E-state index is 13.1. The highest BCUT2D eigenvalue weighted by molar-refractivity contribution is 8.00. The van der Waals surface area contributed by atoms with Crippen molar-refractivity contribution in [3.63, 3.8) is 0 Å². The first-order chi connectivity index (χ1) is 17.1. The van der Waals surface area contributed by atoms with E-state index in [1.807, 2.05) is 0 Å². The van der Waals surface area contributed by atoms with Gasteiger partial charge in [0.25, 0.3) is 5.91 Å². The normalized spacial score (nSPS) is 15.1. The number of amides is 3. The summed E-state index contributed by atoms with van der Waals surface area (Å²) in [6.45, 7) is 1.27. The average molecular weight is 543 g/mol. The van der Waals surface area contributed by atoms with Gasteiger partial charge in [-0.15, -0.1) is 0 Å². The molecule has 0 spiro atoms. The third-order valence-corrected chi connectivity index (χ3v) is 6.72. The van der Waals surface area contributed by atoms with Gasteiger partial charge in [-0.25, -0.2) is 0 Å². The van der Waals surface area contributed by atoms with Gasteiger partial charge in [-0.3, -0.25) is 14.4 Å². The minimum Gasteiger partial charge on any atom is -0.352 e. The molecule has 0 saturated carbocycles. The van der Waals surface area contributed by atoms with Crippen molar-refractivity contribution >= 4 is 41.1 Å². The summed E-state index contributed by atoms with van der Waals surface area (Å²) in [5, 5.41) is 11.9. The van der Waals surface area contributed by atoms with E-state index in [0.29, 0.717) is 36.5 Å². The largest absolute Gasteiger partial charge is 0.446 e. The monoisotopic (exact) mass is 542 g/mol. The Morgan fingerprint density at radius 2 is 1.61 bits per heavy atom. The molecule has 2 aromatic rings. The van der Waals surface area contributed by atoms with Crippen LogP contribution in [-0.4, -0.2) is 54.9 Å². The van der Waals surface area contributed by atoms with E-state index in [1.54, 1.807) is 30.3 Å².